The van der Waals surface area contributed by atoms with Crippen LogP contribution >= 0.6 is 0 Å². The Hall–Kier alpha value is -2.44. The van der Waals surface area contributed by atoms with Crippen LogP contribution in [0.5, 0.6) is 5.75 Å². The molecule has 2 aromatic rings. The number of hydrogen-bond acceptors (Lipinski definition) is 5. The van der Waals surface area contributed by atoms with Crippen LogP contribution in [0.25, 0.3) is 6.08 Å². The molecule has 1 aliphatic heterocycles. The maximum atomic E-state index is 12.2. The molecule has 0 unspecified atom stereocenters. The lowest BCUT2D eigenvalue weighted by atomic mass is 10.1. The van der Waals surface area contributed by atoms with E-state index in [0.29, 0.717) is 5.56 Å². The summed E-state index contributed by atoms with van der Waals surface area (Å²) >= 11 is 0. The molecule has 3 rings (SSSR count). The highest BCUT2D eigenvalue weighted by molar-refractivity contribution is 6.06. The van der Waals surface area contributed by atoms with Crippen LogP contribution in [-0.2, 0) is 18.3 Å². The Balaban J connectivity index is 1.74. The fourth-order valence-corrected chi connectivity index (χ4v) is 2.84. The minimum absolute atomic E-state index is 0.0568. The summed E-state index contributed by atoms with van der Waals surface area (Å²) in [6.07, 6.45) is 6.70. The Bertz CT molecular complexity index is 761. The summed E-state index contributed by atoms with van der Waals surface area (Å²) in [7, 11) is 3.47. The summed E-state index contributed by atoms with van der Waals surface area (Å²) < 4.78 is 12.5. The largest absolute Gasteiger partial charge is 0.496 e. The monoisotopic (exact) mass is 341 g/mol. The zero-order valence-electron chi connectivity index (χ0n) is 14.6. The number of allylic oxidation sites excluding steroid dienone is 1. The third-order valence-corrected chi connectivity index (χ3v) is 4.22. The third-order valence-electron chi connectivity index (χ3n) is 4.22. The summed E-state index contributed by atoms with van der Waals surface area (Å²) in [5.74, 6) is 0.806. The Labute approximate surface area is 147 Å². The van der Waals surface area contributed by atoms with Crippen LogP contribution in [0.15, 0.2) is 36.7 Å². The molecule has 1 aromatic heterocycles. The predicted molar refractivity (Wildman–Crippen MR) is 95.7 cm³/mol. The number of aromatic nitrogens is 2. The van der Waals surface area contributed by atoms with Gasteiger partial charge in [0.15, 0.2) is 5.78 Å². The first-order valence-electron chi connectivity index (χ1n) is 8.34. The van der Waals surface area contributed by atoms with Gasteiger partial charge in [-0.2, -0.15) is 5.10 Å². The minimum Gasteiger partial charge on any atom is -0.496 e. The average molecular weight is 341 g/mol. The van der Waals surface area contributed by atoms with Crippen LogP contribution in [0.3, 0.4) is 0 Å². The Morgan fingerprint density at radius 3 is 2.84 bits per heavy atom. The molecule has 1 aliphatic rings. The first-order valence-corrected chi connectivity index (χ1v) is 8.34. The molecule has 1 fully saturated rings. The van der Waals surface area contributed by atoms with Crippen molar-refractivity contribution >= 4 is 11.9 Å². The SMILES string of the molecule is COc1ccc(/C=C/C(=O)c2cnn(C)c2)cc1CN1CCOCC1. The number of ketones is 1. The molecule has 25 heavy (non-hydrogen) atoms. The predicted octanol–water partition coefficient (Wildman–Crippen LogP) is 2.16. The van der Waals surface area contributed by atoms with Crippen LogP contribution in [0.4, 0.5) is 0 Å². The van der Waals surface area contributed by atoms with Gasteiger partial charge in [-0.25, -0.2) is 0 Å². The van der Waals surface area contributed by atoms with Crippen LogP contribution in [0.1, 0.15) is 21.5 Å². The third kappa shape index (κ3) is 4.55. The highest BCUT2D eigenvalue weighted by Gasteiger charge is 2.13. The molecule has 0 N–H and O–H groups in total. The van der Waals surface area contributed by atoms with Gasteiger partial charge in [0.25, 0.3) is 0 Å². The van der Waals surface area contributed by atoms with Gasteiger partial charge in [-0.05, 0) is 23.8 Å². The van der Waals surface area contributed by atoms with E-state index in [4.69, 9.17) is 9.47 Å². The van der Waals surface area contributed by atoms with Gasteiger partial charge in [-0.3, -0.25) is 14.4 Å². The maximum absolute atomic E-state index is 12.2. The summed E-state index contributed by atoms with van der Waals surface area (Å²) in [4.78, 5) is 14.5. The molecule has 0 saturated carbocycles. The van der Waals surface area contributed by atoms with Crippen LogP contribution < -0.4 is 4.74 Å². The molecule has 0 aliphatic carbocycles. The van der Waals surface area contributed by atoms with Crippen molar-refractivity contribution in [1.82, 2.24) is 14.7 Å². The van der Waals surface area contributed by atoms with Crippen LogP contribution in [0, 0.1) is 0 Å². The standard InChI is InChI=1S/C19H23N3O3/c1-21-13-17(12-20-21)18(23)5-3-15-4-6-19(24-2)16(11-15)14-22-7-9-25-10-8-22/h3-6,11-13H,7-10,14H2,1-2H3/b5-3+. The quantitative estimate of drug-likeness (QED) is 0.595. The molecule has 0 atom stereocenters. The molecule has 0 spiro atoms. The van der Waals surface area contributed by atoms with Crippen molar-refractivity contribution in [2.75, 3.05) is 33.4 Å². The molecule has 6 heteroatoms. The zero-order chi connectivity index (χ0) is 17.6. The highest BCUT2D eigenvalue weighted by atomic mass is 16.5. The van der Waals surface area contributed by atoms with Gasteiger partial charge in [0.05, 0.1) is 32.1 Å². The molecule has 1 aromatic carbocycles. The van der Waals surface area contributed by atoms with E-state index < -0.39 is 0 Å². The Kier molecular flexibility index (Phi) is 5.63. The molecule has 0 bridgehead atoms. The lowest BCUT2D eigenvalue weighted by Crippen LogP contribution is -2.35. The lowest BCUT2D eigenvalue weighted by Gasteiger charge is -2.27. The molecule has 1 saturated heterocycles. The van der Waals surface area contributed by atoms with E-state index in [9.17, 15) is 4.79 Å². The van der Waals surface area contributed by atoms with E-state index in [0.717, 1.165) is 49.7 Å². The van der Waals surface area contributed by atoms with Gasteiger partial charge in [-0.1, -0.05) is 12.1 Å². The van der Waals surface area contributed by atoms with Crippen molar-refractivity contribution in [3.05, 3.63) is 53.4 Å². The van der Waals surface area contributed by atoms with Crippen molar-refractivity contribution in [1.29, 1.82) is 0 Å². The van der Waals surface area contributed by atoms with E-state index in [-0.39, 0.29) is 5.78 Å². The minimum atomic E-state index is -0.0568. The molecule has 2 heterocycles. The number of rotatable bonds is 6. The number of morpholine rings is 1. The van der Waals surface area contributed by atoms with E-state index in [1.54, 1.807) is 37.3 Å². The molecule has 6 nitrogen and oxygen atoms in total. The van der Waals surface area contributed by atoms with Crippen LogP contribution in [0.2, 0.25) is 0 Å². The van der Waals surface area contributed by atoms with Crippen molar-refractivity contribution in [3.8, 4) is 5.75 Å². The van der Waals surface area contributed by atoms with Crippen molar-refractivity contribution in [2.45, 2.75) is 6.54 Å². The van der Waals surface area contributed by atoms with Crippen molar-refractivity contribution in [2.24, 2.45) is 7.05 Å². The highest BCUT2D eigenvalue weighted by Crippen LogP contribution is 2.23. The second-order valence-corrected chi connectivity index (χ2v) is 6.06. The molecule has 0 radical (unpaired) electrons. The van der Waals surface area contributed by atoms with Crippen molar-refractivity contribution < 1.29 is 14.3 Å². The van der Waals surface area contributed by atoms with Gasteiger partial charge >= 0.3 is 0 Å². The smallest absolute Gasteiger partial charge is 0.189 e. The summed E-state index contributed by atoms with van der Waals surface area (Å²) in [5, 5.41) is 4.02. The first kappa shape index (κ1) is 17.4. The number of methoxy groups -OCH3 is 1. The molecular formula is C19H23N3O3. The number of hydrogen-bond donors (Lipinski definition) is 0. The number of carbonyl (C=O) groups excluding carboxylic acids is 1. The summed E-state index contributed by atoms with van der Waals surface area (Å²) in [6.45, 7) is 4.18. The van der Waals surface area contributed by atoms with Gasteiger partial charge in [-0.15, -0.1) is 0 Å². The Morgan fingerprint density at radius 1 is 1.36 bits per heavy atom. The van der Waals surface area contributed by atoms with Gasteiger partial charge in [0, 0.05) is 38.4 Å². The van der Waals surface area contributed by atoms with Gasteiger partial charge < -0.3 is 9.47 Å². The van der Waals surface area contributed by atoms with E-state index in [1.807, 2.05) is 18.2 Å². The fourth-order valence-electron chi connectivity index (χ4n) is 2.84. The first-order chi connectivity index (χ1) is 12.2. The number of carbonyl (C=O) groups is 1. The summed E-state index contributed by atoms with van der Waals surface area (Å²) in [5.41, 5.74) is 2.67. The van der Waals surface area contributed by atoms with E-state index >= 15 is 0 Å². The van der Waals surface area contributed by atoms with Gasteiger partial charge in [0.2, 0.25) is 0 Å². The molecule has 132 valence electrons. The molecule has 0 amide bonds. The van der Waals surface area contributed by atoms with E-state index in [1.165, 1.54) is 0 Å². The number of ether oxygens (including phenoxy) is 2. The average Bonchev–Trinajstić information content (AvgIpc) is 3.07. The van der Waals surface area contributed by atoms with E-state index in [2.05, 4.69) is 16.1 Å². The normalized spacial score (nSPS) is 15.6. The Morgan fingerprint density at radius 2 is 2.16 bits per heavy atom. The zero-order valence-corrected chi connectivity index (χ0v) is 14.6. The second kappa shape index (κ2) is 8.09. The van der Waals surface area contributed by atoms with Gasteiger partial charge in [0.1, 0.15) is 5.75 Å². The molecular weight excluding hydrogens is 318 g/mol. The van der Waals surface area contributed by atoms with Crippen molar-refractivity contribution in [3.63, 3.8) is 0 Å². The lowest BCUT2D eigenvalue weighted by molar-refractivity contribution is 0.0339. The number of nitrogens with zero attached hydrogens (tertiary/aromatic N) is 3. The maximum Gasteiger partial charge on any atom is 0.189 e. The van der Waals surface area contributed by atoms with Crippen LogP contribution in [-0.4, -0.2) is 53.9 Å². The fraction of sp³-hybridized carbons (Fsp3) is 0.368. The second-order valence-electron chi connectivity index (χ2n) is 6.06. The number of aryl methyl sites for hydroxylation is 1. The number of benzene rings is 1. The topological polar surface area (TPSA) is 56.6 Å². The summed E-state index contributed by atoms with van der Waals surface area (Å²) in [6, 6.07) is 5.97.